The van der Waals surface area contributed by atoms with Gasteiger partial charge in [-0.05, 0) is 24.5 Å². The van der Waals surface area contributed by atoms with Gasteiger partial charge >= 0.3 is 0 Å². The third kappa shape index (κ3) is 4.27. The van der Waals surface area contributed by atoms with Gasteiger partial charge in [0.05, 0.1) is 5.69 Å². The zero-order chi connectivity index (χ0) is 15.1. The van der Waals surface area contributed by atoms with Crippen LogP contribution in [0.1, 0.15) is 12.0 Å². The van der Waals surface area contributed by atoms with E-state index in [4.69, 9.17) is 0 Å². The predicted octanol–water partition coefficient (Wildman–Crippen LogP) is 2.03. The highest BCUT2D eigenvalue weighted by Gasteiger charge is 2.17. The Balaban J connectivity index is 1.93. The summed E-state index contributed by atoms with van der Waals surface area (Å²) in [4.78, 5) is 4.05. The minimum Gasteiger partial charge on any atom is -0.387 e. The van der Waals surface area contributed by atoms with Gasteiger partial charge in [0, 0.05) is 26.0 Å². The molecule has 21 heavy (non-hydrogen) atoms. The second kappa shape index (κ2) is 7.19. The molecule has 0 atom stereocenters. The maximum Gasteiger partial charge on any atom is 0.244 e. The topological polar surface area (TPSA) is 71.1 Å². The van der Waals surface area contributed by atoms with Crippen molar-refractivity contribution in [2.45, 2.75) is 17.7 Å². The molecule has 2 N–H and O–H groups in total. The molecule has 112 valence electrons. The van der Waals surface area contributed by atoms with Crippen molar-refractivity contribution in [3.63, 3.8) is 0 Å². The first-order valence-corrected chi connectivity index (χ1v) is 8.27. The Morgan fingerprint density at radius 2 is 1.90 bits per heavy atom. The van der Waals surface area contributed by atoms with E-state index < -0.39 is 10.0 Å². The molecule has 0 fully saturated rings. The highest BCUT2D eigenvalue weighted by Crippen LogP contribution is 2.18. The molecule has 2 aromatic rings. The summed E-state index contributed by atoms with van der Waals surface area (Å²) in [5.41, 5.74) is 1.74. The first-order chi connectivity index (χ1) is 10.1. The predicted molar refractivity (Wildman–Crippen MR) is 83.7 cm³/mol. The quantitative estimate of drug-likeness (QED) is 0.768. The normalized spacial score (nSPS) is 11.3. The van der Waals surface area contributed by atoms with Crippen LogP contribution in [0.25, 0.3) is 0 Å². The monoisotopic (exact) mass is 305 g/mol. The van der Waals surface area contributed by atoms with Gasteiger partial charge in [0.25, 0.3) is 0 Å². The fourth-order valence-electron chi connectivity index (χ4n) is 2.02. The van der Waals surface area contributed by atoms with Crippen molar-refractivity contribution in [1.82, 2.24) is 9.71 Å². The van der Waals surface area contributed by atoms with Crippen LogP contribution in [-0.2, 0) is 16.4 Å². The molecular weight excluding hydrogens is 286 g/mol. The minimum atomic E-state index is -3.53. The zero-order valence-corrected chi connectivity index (χ0v) is 12.7. The van der Waals surface area contributed by atoms with Crippen LogP contribution < -0.4 is 10.0 Å². The van der Waals surface area contributed by atoms with E-state index in [2.05, 4.69) is 15.0 Å². The molecule has 1 aromatic carbocycles. The van der Waals surface area contributed by atoms with E-state index in [9.17, 15) is 8.42 Å². The van der Waals surface area contributed by atoms with Crippen molar-refractivity contribution in [3.8, 4) is 0 Å². The summed E-state index contributed by atoms with van der Waals surface area (Å²) >= 11 is 0. The molecule has 5 nitrogen and oxygen atoms in total. The molecule has 0 aliphatic rings. The number of hydrogen-bond acceptors (Lipinski definition) is 4. The van der Waals surface area contributed by atoms with Crippen molar-refractivity contribution in [3.05, 3.63) is 54.4 Å². The number of aryl methyl sites for hydroxylation is 1. The summed E-state index contributed by atoms with van der Waals surface area (Å²) in [6.45, 7) is 0.398. The van der Waals surface area contributed by atoms with Crippen LogP contribution in [0.4, 0.5) is 5.69 Å². The van der Waals surface area contributed by atoms with Crippen molar-refractivity contribution in [2.24, 2.45) is 0 Å². The van der Waals surface area contributed by atoms with E-state index in [-0.39, 0.29) is 4.90 Å². The number of sulfonamides is 1. The maximum absolute atomic E-state index is 12.2. The second-order valence-electron chi connectivity index (χ2n) is 4.61. The molecule has 1 heterocycles. The number of nitrogens with zero attached hydrogens (tertiary/aromatic N) is 1. The molecular formula is C15H19N3O2S. The zero-order valence-electron chi connectivity index (χ0n) is 11.9. The van der Waals surface area contributed by atoms with Crippen LogP contribution in [0.15, 0.2) is 53.7 Å². The van der Waals surface area contributed by atoms with E-state index in [0.717, 1.165) is 12.8 Å². The maximum atomic E-state index is 12.2. The molecule has 0 aliphatic carbocycles. The molecule has 0 spiro atoms. The first-order valence-electron chi connectivity index (χ1n) is 6.79. The number of nitrogens with one attached hydrogen (secondary N) is 2. The third-order valence-electron chi connectivity index (χ3n) is 3.12. The van der Waals surface area contributed by atoms with Gasteiger partial charge in [-0.15, -0.1) is 0 Å². The van der Waals surface area contributed by atoms with Crippen LogP contribution in [0.2, 0.25) is 0 Å². The molecule has 0 radical (unpaired) electrons. The summed E-state index contributed by atoms with van der Waals surface area (Å²) in [7, 11) is -1.85. The standard InChI is InChI=1S/C15H19N3O2S/c1-16-14-9-11-17-12-15(14)21(19,20)18-10-5-8-13-6-3-2-4-7-13/h2-4,6-7,9,11-12,18H,5,8,10H2,1H3,(H,16,17). The fraction of sp³-hybridized carbons (Fsp3) is 0.267. The smallest absolute Gasteiger partial charge is 0.244 e. The molecule has 0 saturated heterocycles. The van der Waals surface area contributed by atoms with E-state index in [1.165, 1.54) is 11.8 Å². The summed E-state index contributed by atoms with van der Waals surface area (Å²) in [6.07, 6.45) is 4.50. The lowest BCUT2D eigenvalue weighted by Crippen LogP contribution is -2.26. The molecule has 0 unspecified atom stereocenters. The average molecular weight is 305 g/mol. The summed E-state index contributed by atoms with van der Waals surface area (Å²) < 4.78 is 27.1. The van der Waals surface area contributed by atoms with E-state index in [1.54, 1.807) is 19.3 Å². The molecule has 0 saturated carbocycles. The van der Waals surface area contributed by atoms with Gasteiger partial charge in [0.1, 0.15) is 4.90 Å². The van der Waals surface area contributed by atoms with Gasteiger partial charge in [0.15, 0.2) is 0 Å². The first kappa shape index (κ1) is 15.5. The van der Waals surface area contributed by atoms with Crippen LogP contribution in [0.3, 0.4) is 0 Å². The van der Waals surface area contributed by atoms with Gasteiger partial charge in [-0.1, -0.05) is 30.3 Å². The van der Waals surface area contributed by atoms with E-state index in [1.807, 2.05) is 30.3 Å². The summed E-state index contributed by atoms with van der Waals surface area (Å²) in [5.74, 6) is 0. The summed E-state index contributed by atoms with van der Waals surface area (Å²) in [5, 5.41) is 2.86. The Labute approximate surface area is 125 Å². The van der Waals surface area contributed by atoms with Gasteiger partial charge < -0.3 is 5.32 Å². The molecule has 1 aromatic heterocycles. The highest BCUT2D eigenvalue weighted by atomic mass is 32.2. The van der Waals surface area contributed by atoms with Gasteiger partial charge in [-0.3, -0.25) is 4.98 Å². The second-order valence-corrected chi connectivity index (χ2v) is 6.34. The number of aromatic nitrogens is 1. The van der Waals surface area contributed by atoms with Crippen LogP contribution >= 0.6 is 0 Å². The van der Waals surface area contributed by atoms with Gasteiger partial charge in [-0.2, -0.15) is 0 Å². The van der Waals surface area contributed by atoms with Gasteiger partial charge in [0.2, 0.25) is 10.0 Å². The van der Waals surface area contributed by atoms with Crippen molar-refractivity contribution >= 4 is 15.7 Å². The van der Waals surface area contributed by atoms with Crippen molar-refractivity contribution in [1.29, 1.82) is 0 Å². The fourth-order valence-corrected chi connectivity index (χ4v) is 3.25. The highest BCUT2D eigenvalue weighted by molar-refractivity contribution is 7.89. The molecule has 0 bridgehead atoms. The lowest BCUT2D eigenvalue weighted by molar-refractivity contribution is 0.579. The van der Waals surface area contributed by atoms with Crippen LogP contribution in [0, 0.1) is 0 Å². The molecule has 0 aliphatic heterocycles. The average Bonchev–Trinajstić information content (AvgIpc) is 2.52. The van der Waals surface area contributed by atoms with E-state index in [0.29, 0.717) is 12.2 Å². The molecule has 2 rings (SSSR count). The Bertz CT molecular complexity index is 672. The number of pyridine rings is 1. The number of hydrogen-bond donors (Lipinski definition) is 2. The van der Waals surface area contributed by atoms with Crippen LogP contribution in [-0.4, -0.2) is 27.0 Å². The Morgan fingerprint density at radius 1 is 1.14 bits per heavy atom. The van der Waals surface area contributed by atoms with Crippen molar-refractivity contribution < 1.29 is 8.42 Å². The van der Waals surface area contributed by atoms with Gasteiger partial charge in [-0.25, -0.2) is 13.1 Å². The SMILES string of the molecule is CNc1ccncc1S(=O)(=O)NCCCc1ccccc1. The Hall–Kier alpha value is -1.92. The summed E-state index contributed by atoms with van der Waals surface area (Å²) in [6, 6.07) is 11.6. The molecule has 0 amide bonds. The van der Waals surface area contributed by atoms with E-state index >= 15 is 0 Å². The largest absolute Gasteiger partial charge is 0.387 e. The number of anilines is 1. The third-order valence-corrected chi connectivity index (χ3v) is 4.61. The van der Waals surface area contributed by atoms with Crippen molar-refractivity contribution in [2.75, 3.05) is 18.9 Å². The Kier molecular flexibility index (Phi) is 5.30. The lowest BCUT2D eigenvalue weighted by atomic mass is 10.1. The minimum absolute atomic E-state index is 0.173. The lowest BCUT2D eigenvalue weighted by Gasteiger charge is -2.10. The molecule has 6 heteroatoms. The van der Waals surface area contributed by atoms with Crippen LogP contribution in [0.5, 0.6) is 0 Å². The number of rotatable bonds is 7. The Morgan fingerprint density at radius 3 is 2.62 bits per heavy atom. The number of benzene rings is 1.